The van der Waals surface area contributed by atoms with Gasteiger partial charge in [-0.15, -0.1) is 16.4 Å². The molecule has 0 N–H and O–H groups in total. The van der Waals surface area contributed by atoms with Crippen LogP contribution in [0.5, 0.6) is 0 Å². The van der Waals surface area contributed by atoms with Crippen molar-refractivity contribution in [3.8, 4) is 16.4 Å². The van der Waals surface area contributed by atoms with Crippen molar-refractivity contribution in [3.63, 3.8) is 0 Å². The van der Waals surface area contributed by atoms with Gasteiger partial charge in [-0.1, -0.05) is 6.07 Å². The summed E-state index contributed by atoms with van der Waals surface area (Å²) in [6.07, 6.45) is 3.50. The summed E-state index contributed by atoms with van der Waals surface area (Å²) in [4.78, 5) is 23.0. The summed E-state index contributed by atoms with van der Waals surface area (Å²) in [6.45, 7) is 3.73. The molecule has 150 valence electrons. The summed E-state index contributed by atoms with van der Waals surface area (Å²) in [5.74, 6) is 0.350. The predicted molar refractivity (Wildman–Crippen MR) is 110 cm³/mol. The average Bonchev–Trinajstić information content (AvgIpc) is 3.54. The lowest BCUT2D eigenvalue weighted by Crippen LogP contribution is -2.37. The van der Waals surface area contributed by atoms with E-state index in [-0.39, 0.29) is 17.5 Å². The molecule has 2 fully saturated rings. The van der Waals surface area contributed by atoms with E-state index >= 15 is 0 Å². The van der Waals surface area contributed by atoms with Crippen LogP contribution in [0.4, 0.5) is 4.39 Å². The van der Waals surface area contributed by atoms with Crippen LogP contribution in [0.25, 0.3) is 16.4 Å². The number of amides is 1. The fraction of sp³-hybridized carbons (Fsp3) is 0.381. The van der Waals surface area contributed by atoms with E-state index in [2.05, 4.69) is 15.0 Å². The number of likely N-dealkylation sites (tertiary alicyclic amines) is 2. The largest absolute Gasteiger partial charge is 0.334 e. The molecule has 4 heterocycles. The molecule has 1 aromatic carbocycles. The fourth-order valence-electron chi connectivity index (χ4n) is 4.20. The van der Waals surface area contributed by atoms with Gasteiger partial charge in [0.15, 0.2) is 5.82 Å². The van der Waals surface area contributed by atoms with Crippen molar-refractivity contribution >= 4 is 17.2 Å². The minimum absolute atomic E-state index is 0.134. The van der Waals surface area contributed by atoms with Crippen molar-refractivity contribution in [3.05, 3.63) is 53.4 Å². The number of hydrogen-bond acceptors (Lipinski definition) is 5. The number of rotatable bonds is 4. The summed E-state index contributed by atoms with van der Waals surface area (Å²) in [7, 11) is 0. The summed E-state index contributed by atoms with van der Waals surface area (Å²) in [5, 5.41) is 6.48. The Morgan fingerprint density at radius 1 is 1.10 bits per heavy atom. The molecule has 29 heavy (non-hydrogen) atoms. The molecule has 0 bridgehead atoms. The van der Waals surface area contributed by atoms with Crippen LogP contribution in [0.15, 0.2) is 41.8 Å². The van der Waals surface area contributed by atoms with Gasteiger partial charge in [-0.2, -0.15) is 0 Å². The van der Waals surface area contributed by atoms with E-state index in [4.69, 9.17) is 0 Å². The number of aromatic nitrogens is 3. The molecule has 2 saturated heterocycles. The fourth-order valence-corrected chi connectivity index (χ4v) is 4.90. The quantitative estimate of drug-likeness (QED) is 0.660. The smallest absolute Gasteiger partial charge is 0.293 e. The van der Waals surface area contributed by atoms with Crippen molar-refractivity contribution in [2.24, 2.45) is 0 Å². The molecule has 1 atom stereocenters. The van der Waals surface area contributed by atoms with E-state index in [0.29, 0.717) is 17.6 Å². The van der Waals surface area contributed by atoms with Gasteiger partial charge in [-0.3, -0.25) is 9.69 Å². The lowest BCUT2D eigenvalue weighted by Gasteiger charge is -2.23. The zero-order valence-corrected chi connectivity index (χ0v) is 16.8. The van der Waals surface area contributed by atoms with E-state index in [9.17, 15) is 9.18 Å². The van der Waals surface area contributed by atoms with Crippen LogP contribution in [-0.2, 0) is 0 Å². The number of hydrogen-bond donors (Lipinski definition) is 0. The highest BCUT2D eigenvalue weighted by atomic mass is 32.1. The maximum absolute atomic E-state index is 13.4. The molecule has 1 amide bonds. The molecule has 1 unspecified atom stereocenters. The standard InChI is InChI=1S/C21H22FN5OS/c22-15-5-7-16(8-6-15)27-20(18-4-3-13-29-18)23-19(24-27)21(28)26-12-9-17(14-26)25-10-1-2-11-25/h3-8,13,17H,1-2,9-12,14H2. The molecule has 6 nitrogen and oxygen atoms in total. The zero-order chi connectivity index (χ0) is 19.8. The molecule has 8 heteroatoms. The van der Waals surface area contributed by atoms with Crippen LogP contribution in [0.1, 0.15) is 29.9 Å². The van der Waals surface area contributed by atoms with Gasteiger partial charge >= 0.3 is 0 Å². The SMILES string of the molecule is O=C(c1nc(-c2cccs2)n(-c2ccc(F)cc2)n1)N1CCC(N2CCCC2)C1. The van der Waals surface area contributed by atoms with E-state index in [1.807, 2.05) is 22.4 Å². The third-order valence-corrected chi connectivity index (χ3v) is 6.58. The molecule has 3 aromatic rings. The maximum Gasteiger partial charge on any atom is 0.293 e. The van der Waals surface area contributed by atoms with Crippen molar-refractivity contribution in [1.29, 1.82) is 0 Å². The molecule has 2 aromatic heterocycles. The Hall–Kier alpha value is -2.58. The molecule has 2 aliphatic rings. The van der Waals surface area contributed by atoms with Crippen LogP contribution >= 0.6 is 11.3 Å². The topological polar surface area (TPSA) is 54.3 Å². The van der Waals surface area contributed by atoms with Gasteiger partial charge in [0.2, 0.25) is 5.82 Å². The van der Waals surface area contributed by atoms with Crippen molar-refractivity contribution in [1.82, 2.24) is 24.6 Å². The number of nitrogens with zero attached hydrogens (tertiary/aromatic N) is 5. The second-order valence-corrected chi connectivity index (χ2v) is 8.51. The lowest BCUT2D eigenvalue weighted by molar-refractivity contribution is 0.0768. The van der Waals surface area contributed by atoms with Gasteiger partial charge in [-0.25, -0.2) is 14.1 Å². The first-order chi connectivity index (χ1) is 14.2. The molecular formula is C21H22FN5OS. The molecule has 2 aliphatic heterocycles. The Labute approximate surface area is 172 Å². The second kappa shape index (κ2) is 7.68. The van der Waals surface area contributed by atoms with E-state index < -0.39 is 0 Å². The summed E-state index contributed by atoms with van der Waals surface area (Å²) in [5.41, 5.74) is 0.678. The highest BCUT2D eigenvalue weighted by Gasteiger charge is 2.33. The molecule has 0 aliphatic carbocycles. The molecule has 5 rings (SSSR count). The Kier molecular flexibility index (Phi) is 4.89. The minimum atomic E-state index is -0.312. The molecule has 0 saturated carbocycles. The number of thiophene rings is 1. The summed E-state index contributed by atoms with van der Waals surface area (Å²) >= 11 is 1.53. The van der Waals surface area contributed by atoms with Gasteiger partial charge in [0, 0.05) is 19.1 Å². The van der Waals surface area contributed by atoms with Crippen LogP contribution < -0.4 is 0 Å². The Morgan fingerprint density at radius 2 is 1.90 bits per heavy atom. The third kappa shape index (κ3) is 3.58. The van der Waals surface area contributed by atoms with E-state index in [1.54, 1.807) is 16.8 Å². The zero-order valence-electron chi connectivity index (χ0n) is 16.0. The predicted octanol–water partition coefficient (Wildman–Crippen LogP) is 3.45. The third-order valence-electron chi connectivity index (χ3n) is 5.72. The van der Waals surface area contributed by atoms with Gasteiger partial charge in [-0.05, 0) is 68.1 Å². The van der Waals surface area contributed by atoms with Gasteiger partial charge in [0.1, 0.15) is 5.82 Å². The summed E-state index contributed by atoms with van der Waals surface area (Å²) in [6, 6.07) is 10.4. The van der Waals surface area contributed by atoms with Gasteiger partial charge in [0.05, 0.1) is 10.6 Å². The normalized spacial score (nSPS) is 19.9. The first-order valence-corrected chi connectivity index (χ1v) is 10.9. The van der Waals surface area contributed by atoms with Crippen molar-refractivity contribution in [2.75, 3.05) is 26.2 Å². The average molecular weight is 412 g/mol. The van der Waals surface area contributed by atoms with Crippen molar-refractivity contribution < 1.29 is 9.18 Å². The highest BCUT2D eigenvalue weighted by molar-refractivity contribution is 7.13. The molecule has 0 spiro atoms. The van der Waals surface area contributed by atoms with Gasteiger partial charge < -0.3 is 4.90 Å². The number of carbonyl (C=O) groups excluding carboxylic acids is 1. The Bertz CT molecular complexity index is 995. The molecular weight excluding hydrogens is 389 g/mol. The minimum Gasteiger partial charge on any atom is -0.334 e. The number of benzene rings is 1. The Morgan fingerprint density at radius 3 is 2.62 bits per heavy atom. The maximum atomic E-state index is 13.4. The van der Waals surface area contributed by atoms with E-state index in [1.165, 1.54) is 36.3 Å². The van der Waals surface area contributed by atoms with Crippen LogP contribution in [-0.4, -0.2) is 62.7 Å². The summed E-state index contributed by atoms with van der Waals surface area (Å²) < 4.78 is 15.0. The van der Waals surface area contributed by atoms with E-state index in [0.717, 1.165) is 37.5 Å². The van der Waals surface area contributed by atoms with Crippen LogP contribution in [0.2, 0.25) is 0 Å². The monoisotopic (exact) mass is 411 g/mol. The molecule has 0 radical (unpaired) electrons. The van der Waals surface area contributed by atoms with Gasteiger partial charge in [0.25, 0.3) is 5.91 Å². The van der Waals surface area contributed by atoms with Crippen LogP contribution in [0.3, 0.4) is 0 Å². The number of carbonyl (C=O) groups is 1. The second-order valence-electron chi connectivity index (χ2n) is 7.56. The Balaban J connectivity index is 1.43. The first kappa shape index (κ1) is 18.4. The van der Waals surface area contributed by atoms with Crippen molar-refractivity contribution in [2.45, 2.75) is 25.3 Å². The lowest BCUT2D eigenvalue weighted by atomic mass is 10.2. The highest BCUT2D eigenvalue weighted by Crippen LogP contribution is 2.27. The first-order valence-electron chi connectivity index (χ1n) is 9.99. The number of halogens is 1. The van der Waals surface area contributed by atoms with Crippen LogP contribution in [0, 0.1) is 5.82 Å².